The van der Waals surface area contributed by atoms with E-state index in [2.05, 4.69) is 31.3 Å². The van der Waals surface area contributed by atoms with Crippen LogP contribution in [0, 0.1) is 0 Å². The molecule has 0 aliphatic carbocycles. The van der Waals surface area contributed by atoms with Crippen molar-refractivity contribution in [1.29, 1.82) is 0 Å². The molecule has 0 heterocycles. The van der Waals surface area contributed by atoms with Crippen LogP contribution in [0.5, 0.6) is 0 Å². The predicted octanol–water partition coefficient (Wildman–Crippen LogP) is 23.5. The van der Waals surface area contributed by atoms with E-state index in [0.717, 1.165) is 38.5 Å². The Kier molecular flexibility index (Phi) is 67.9. The summed E-state index contributed by atoms with van der Waals surface area (Å²) < 4.78 is 5.48. The van der Waals surface area contributed by atoms with Crippen molar-refractivity contribution in [1.82, 2.24) is 5.32 Å². The molecule has 470 valence electrons. The van der Waals surface area contributed by atoms with Gasteiger partial charge in [0, 0.05) is 12.8 Å². The first-order chi connectivity index (χ1) is 39.0. The van der Waals surface area contributed by atoms with Crippen molar-refractivity contribution < 1.29 is 24.5 Å². The zero-order chi connectivity index (χ0) is 57.1. The second-order valence-electron chi connectivity index (χ2n) is 25.3. The number of aliphatic hydroxyl groups excluding tert-OH is 2. The van der Waals surface area contributed by atoms with Crippen LogP contribution in [-0.2, 0) is 14.3 Å². The second-order valence-corrected chi connectivity index (χ2v) is 25.3. The molecule has 0 rings (SSSR count). The van der Waals surface area contributed by atoms with Crippen LogP contribution >= 0.6 is 0 Å². The molecule has 0 aliphatic heterocycles. The third kappa shape index (κ3) is 65.6. The number of unbranched alkanes of at least 4 members (excludes halogenated alkanes) is 56. The van der Waals surface area contributed by atoms with Crippen LogP contribution < -0.4 is 5.32 Å². The predicted molar refractivity (Wildman–Crippen MR) is 347 cm³/mol. The highest BCUT2D eigenvalue weighted by molar-refractivity contribution is 5.76. The molecule has 0 radical (unpaired) electrons. The van der Waals surface area contributed by atoms with Gasteiger partial charge in [0.25, 0.3) is 0 Å². The third-order valence-electron chi connectivity index (χ3n) is 17.3. The Morgan fingerprint density at radius 1 is 0.342 bits per heavy atom. The fourth-order valence-corrected chi connectivity index (χ4v) is 11.8. The van der Waals surface area contributed by atoms with E-state index in [1.54, 1.807) is 0 Å². The maximum atomic E-state index is 12.6. The summed E-state index contributed by atoms with van der Waals surface area (Å²) >= 11 is 0. The van der Waals surface area contributed by atoms with Gasteiger partial charge in [0.05, 0.1) is 25.4 Å². The number of amides is 1. The summed E-state index contributed by atoms with van der Waals surface area (Å²) in [5, 5.41) is 23.4. The molecule has 6 heteroatoms. The number of carbonyl (C=O) groups excluding carboxylic acids is 2. The lowest BCUT2D eigenvalue weighted by atomic mass is 10.0. The zero-order valence-corrected chi connectivity index (χ0v) is 53.9. The summed E-state index contributed by atoms with van der Waals surface area (Å²) in [7, 11) is 0. The van der Waals surface area contributed by atoms with E-state index >= 15 is 0 Å². The Labute approximate surface area is 495 Å². The number of hydrogen-bond acceptors (Lipinski definition) is 5. The highest BCUT2D eigenvalue weighted by atomic mass is 16.5. The first-order valence-electron chi connectivity index (χ1n) is 36.4. The maximum Gasteiger partial charge on any atom is 0.305 e. The fraction of sp³-hybridized carbons (Fsp3) is 0.945. The van der Waals surface area contributed by atoms with Gasteiger partial charge in [-0.05, 0) is 51.4 Å². The summed E-state index contributed by atoms with van der Waals surface area (Å²) in [5.74, 6) is -0.0135. The SMILES string of the molecule is CCCCCCCCCCCCCCCCCCCCCCCCCC(O)C(CO)NC(=O)CCCCCCCCCCCCC/C=C\CCCCCCCCCCCCCCOC(=O)CCCCCCCCCCCCCC. The van der Waals surface area contributed by atoms with E-state index in [0.29, 0.717) is 25.9 Å². The van der Waals surface area contributed by atoms with Crippen molar-refractivity contribution in [2.75, 3.05) is 13.2 Å². The summed E-state index contributed by atoms with van der Waals surface area (Å²) in [6.07, 6.45) is 85.5. The summed E-state index contributed by atoms with van der Waals surface area (Å²) in [6, 6.07) is -0.543. The van der Waals surface area contributed by atoms with Gasteiger partial charge in [0.1, 0.15) is 0 Å². The minimum atomic E-state index is -0.665. The largest absolute Gasteiger partial charge is 0.466 e. The van der Waals surface area contributed by atoms with Crippen LogP contribution in [-0.4, -0.2) is 47.4 Å². The normalized spacial score (nSPS) is 12.5. The van der Waals surface area contributed by atoms with E-state index in [1.165, 1.54) is 347 Å². The van der Waals surface area contributed by atoms with Crippen molar-refractivity contribution in [3.63, 3.8) is 0 Å². The van der Waals surface area contributed by atoms with Crippen molar-refractivity contribution in [3.8, 4) is 0 Å². The van der Waals surface area contributed by atoms with Gasteiger partial charge in [-0.25, -0.2) is 0 Å². The number of nitrogens with one attached hydrogen (secondary N) is 1. The monoisotopic (exact) mass is 1110 g/mol. The smallest absolute Gasteiger partial charge is 0.305 e. The van der Waals surface area contributed by atoms with Gasteiger partial charge in [-0.15, -0.1) is 0 Å². The van der Waals surface area contributed by atoms with Gasteiger partial charge in [-0.2, -0.15) is 0 Å². The fourth-order valence-electron chi connectivity index (χ4n) is 11.8. The molecular weight excluding hydrogens is 971 g/mol. The van der Waals surface area contributed by atoms with Crippen molar-refractivity contribution >= 4 is 11.9 Å². The summed E-state index contributed by atoms with van der Waals surface area (Å²) in [4.78, 5) is 24.6. The van der Waals surface area contributed by atoms with E-state index in [1.807, 2.05) is 0 Å². The highest BCUT2D eigenvalue weighted by Crippen LogP contribution is 2.19. The molecule has 0 aromatic carbocycles. The van der Waals surface area contributed by atoms with E-state index in [4.69, 9.17) is 4.74 Å². The van der Waals surface area contributed by atoms with Crippen LogP contribution in [0.25, 0.3) is 0 Å². The molecule has 3 N–H and O–H groups in total. The second kappa shape index (κ2) is 69.1. The van der Waals surface area contributed by atoms with Gasteiger partial charge in [0.15, 0.2) is 0 Å². The van der Waals surface area contributed by atoms with Crippen molar-refractivity contribution in [3.05, 3.63) is 12.2 Å². The Hall–Kier alpha value is -1.40. The number of allylic oxidation sites excluding steroid dienone is 2. The summed E-state index contributed by atoms with van der Waals surface area (Å²) in [5.41, 5.74) is 0. The van der Waals surface area contributed by atoms with Crippen LogP contribution in [0.2, 0.25) is 0 Å². The molecule has 0 saturated heterocycles. The Morgan fingerprint density at radius 2 is 0.595 bits per heavy atom. The van der Waals surface area contributed by atoms with Crippen LogP contribution in [0.1, 0.15) is 418 Å². The number of esters is 1. The molecule has 0 saturated carbocycles. The van der Waals surface area contributed by atoms with Gasteiger partial charge in [0.2, 0.25) is 5.91 Å². The number of aliphatic hydroxyl groups is 2. The van der Waals surface area contributed by atoms with Crippen LogP contribution in [0.3, 0.4) is 0 Å². The Morgan fingerprint density at radius 3 is 0.899 bits per heavy atom. The van der Waals surface area contributed by atoms with Gasteiger partial charge in [-0.3, -0.25) is 9.59 Å². The van der Waals surface area contributed by atoms with E-state index in [-0.39, 0.29) is 18.5 Å². The molecule has 0 aromatic heterocycles. The molecule has 0 bridgehead atoms. The topological polar surface area (TPSA) is 95.9 Å². The third-order valence-corrected chi connectivity index (χ3v) is 17.3. The first kappa shape index (κ1) is 77.6. The molecule has 0 spiro atoms. The number of rotatable bonds is 69. The van der Waals surface area contributed by atoms with E-state index < -0.39 is 12.1 Å². The lowest BCUT2D eigenvalue weighted by molar-refractivity contribution is -0.143. The molecule has 2 atom stereocenters. The minimum absolute atomic E-state index is 0.0169. The van der Waals surface area contributed by atoms with Crippen LogP contribution in [0.4, 0.5) is 0 Å². The van der Waals surface area contributed by atoms with Gasteiger partial charge in [-0.1, -0.05) is 366 Å². The molecule has 1 amide bonds. The highest BCUT2D eigenvalue weighted by Gasteiger charge is 2.20. The van der Waals surface area contributed by atoms with Gasteiger partial charge < -0.3 is 20.3 Å². The molecule has 2 unspecified atom stereocenters. The molecule has 0 aromatic rings. The molecule has 79 heavy (non-hydrogen) atoms. The van der Waals surface area contributed by atoms with Gasteiger partial charge >= 0.3 is 5.97 Å². The van der Waals surface area contributed by atoms with Crippen molar-refractivity contribution in [2.45, 2.75) is 431 Å². The summed E-state index contributed by atoms with van der Waals surface area (Å²) in [6.45, 7) is 5.00. The molecule has 0 aliphatic rings. The number of ether oxygens (including phenoxy) is 1. The average molecular weight is 1110 g/mol. The van der Waals surface area contributed by atoms with Crippen LogP contribution in [0.15, 0.2) is 12.2 Å². The Bertz CT molecular complexity index is 1190. The zero-order valence-electron chi connectivity index (χ0n) is 53.9. The number of carbonyl (C=O) groups is 2. The standard InChI is InChI=1S/C73H143NO5/c1-3-5-7-9-11-13-15-17-18-19-20-21-27-30-33-36-39-42-45-49-53-57-61-65-71(76)70(69-75)74-72(77)66-62-58-54-50-46-43-40-37-34-31-28-25-23-22-24-26-29-32-35-38-41-44-48-52-56-60-64-68-79-73(78)67-63-59-55-51-47-16-14-12-10-8-6-4-2/h22-23,70-71,75-76H,3-21,24-69H2,1-2H3,(H,74,77)/b23-22-. The lowest BCUT2D eigenvalue weighted by Crippen LogP contribution is -2.45. The quantitative estimate of drug-likeness (QED) is 0.0320. The maximum absolute atomic E-state index is 12.6. The average Bonchev–Trinajstić information content (AvgIpc) is 3.45. The first-order valence-corrected chi connectivity index (χ1v) is 36.4. The minimum Gasteiger partial charge on any atom is -0.466 e. The Balaban J connectivity index is 3.38. The van der Waals surface area contributed by atoms with Crippen molar-refractivity contribution in [2.24, 2.45) is 0 Å². The van der Waals surface area contributed by atoms with E-state index in [9.17, 15) is 19.8 Å². The molecule has 0 fully saturated rings. The number of hydrogen-bond donors (Lipinski definition) is 3. The lowest BCUT2D eigenvalue weighted by Gasteiger charge is -2.22. The molecular formula is C73H143NO5. The molecule has 6 nitrogen and oxygen atoms in total.